The van der Waals surface area contributed by atoms with Gasteiger partial charge in [0, 0.05) is 18.8 Å². The maximum absolute atomic E-state index is 9.09. The molecule has 2 spiro atoms. The minimum Gasteiger partial charge on any atom is -0.347 e. The molecule has 7 fully saturated rings. The number of nitrogens with zero attached hydrogens (tertiary/aromatic N) is 1. The van der Waals surface area contributed by atoms with E-state index in [4.69, 9.17) is 14.7 Å². The maximum Gasteiger partial charge on any atom is 0.172 e. The molecule has 0 radical (unpaired) electrons. The van der Waals surface area contributed by atoms with Crippen molar-refractivity contribution in [2.45, 2.75) is 84.3 Å². The average molecular weight is 410 g/mol. The maximum atomic E-state index is 9.09. The zero-order chi connectivity index (χ0) is 20.5. The van der Waals surface area contributed by atoms with Crippen LogP contribution in [0, 0.1) is 74.9 Å². The summed E-state index contributed by atoms with van der Waals surface area (Å²) in [5.41, 5.74) is 1.67. The second kappa shape index (κ2) is 5.66. The molecule has 11 atom stereocenters. The number of nitriles is 1. The molecule has 0 amide bonds. The lowest BCUT2D eigenvalue weighted by Crippen LogP contribution is -2.58. The molecule has 3 heteroatoms. The normalized spacial score (nSPS) is 59.5. The van der Waals surface area contributed by atoms with E-state index in [-0.39, 0.29) is 5.79 Å². The summed E-state index contributed by atoms with van der Waals surface area (Å²) in [4.78, 5) is 0. The molecule has 0 N–H and O–H groups in total. The van der Waals surface area contributed by atoms with Gasteiger partial charge in [-0.3, -0.25) is 0 Å². The van der Waals surface area contributed by atoms with Crippen LogP contribution in [0.5, 0.6) is 0 Å². The smallest absolute Gasteiger partial charge is 0.172 e. The largest absolute Gasteiger partial charge is 0.347 e. The Morgan fingerprint density at radius 1 is 1.00 bits per heavy atom. The molecule has 3 nitrogen and oxygen atoms in total. The highest BCUT2D eigenvalue weighted by molar-refractivity contribution is 5.43. The Morgan fingerprint density at radius 3 is 2.57 bits per heavy atom. The summed E-state index contributed by atoms with van der Waals surface area (Å²) in [5, 5.41) is 9.09. The molecular formula is C27H39NO2. The van der Waals surface area contributed by atoms with Crippen molar-refractivity contribution in [2.24, 2.45) is 63.6 Å². The van der Waals surface area contributed by atoms with Crippen molar-refractivity contribution < 1.29 is 9.47 Å². The van der Waals surface area contributed by atoms with Crippen LogP contribution < -0.4 is 0 Å². The minimum absolute atomic E-state index is 0.175. The molecule has 1 heterocycles. The van der Waals surface area contributed by atoms with E-state index in [1.54, 1.807) is 0 Å². The first-order chi connectivity index (χ1) is 14.4. The Morgan fingerprint density at radius 2 is 1.80 bits per heavy atom. The number of rotatable bonds is 3. The van der Waals surface area contributed by atoms with Gasteiger partial charge in [-0.25, -0.2) is 0 Å². The Kier molecular flexibility index (Phi) is 3.57. The highest BCUT2D eigenvalue weighted by Crippen LogP contribution is 2.99. The van der Waals surface area contributed by atoms with Crippen LogP contribution in [0.1, 0.15) is 78.6 Å². The standard InChI is InChI=1S/C27H39NO2/c1-16(5-4-12-28)18-6-7-19-17-15-21-22-23-26(29-13-14-30-26)11-10-25(3,27(21,22)23)20(17)8-9-24(18,19)2/h16-23H,4-11,13-15H2,1-3H3/t16-,17?,18?,19?,20?,21?,22?,23?,24-,25-,27+/m1/s1. The summed E-state index contributed by atoms with van der Waals surface area (Å²) in [7, 11) is 0. The van der Waals surface area contributed by atoms with Crippen molar-refractivity contribution in [1.29, 1.82) is 5.26 Å². The third-order valence-corrected chi connectivity index (χ3v) is 12.7. The molecule has 164 valence electrons. The van der Waals surface area contributed by atoms with Gasteiger partial charge in [-0.05, 0) is 103 Å². The SMILES string of the molecule is C[C@H](CCC#N)C1CCC2C3CC4C5C6C7(CC[C@](C)(C3CC[C@@]21C)[C@@]456)OCCO7. The number of hydrogen-bond donors (Lipinski definition) is 0. The first kappa shape index (κ1) is 18.9. The molecule has 1 saturated heterocycles. The fourth-order valence-electron chi connectivity index (χ4n) is 11.7. The van der Waals surface area contributed by atoms with E-state index in [1.807, 2.05) is 0 Å². The first-order valence-electron chi connectivity index (χ1n) is 13.1. The molecule has 30 heavy (non-hydrogen) atoms. The van der Waals surface area contributed by atoms with E-state index in [2.05, 4.69) is 26.8 Å². The van der Waals surface area contributed by atoms with Crippen molar-refractivity contribution >= 4 is 0 Å². The van der Waals surface area contributed by atoms with Gasteiger partial charge in [0.15, 0.2) is 5.79 Å². The second-order valence-electron chi connectivity index (χ2n) is 13.0. The van der Waals surface area contributed by atoms with E-state index < -0.39 is 0 Å². The Bertz CT molecular complexity index is 812. The highest BCUT2D eigenvalue weighted by Gasteiger charge is 2.98. The highest BCUT2D eigenvalue weighted by atomic mass is 16.7. The fraction of sp³-hybridized carbons (Fsp3) is 0.963. The van der Waals surface area contributed by atoms with Gasteiger partial charge >= 0.3 is 0 Å². The van der Waals surface area contributed by atoms with E-state index in [0.717, 1.165) is 73.9 Å². The predicted molar refractivity (Wildman–Crippen MR) is 114 cm³/mol. The van der Waals surface area contributed by atoms with Crippen LogP contribution in [0.4, 0.5) is 0 Å². The van der Waals surface area contributed by atoms with E-state index in [9.17, 15) is 0 Å². The van der Waals surface area contributed by atoms with Gasteiger partial charge in [0.05, 0.1) is 19.3 Å². The zero-order valence-corrected chi connectivity index (χ0v) is 19.2. The molecule has 7 aliphatic rings. The van der Waals surface area contributed by atoms with Crippen LogP contribution in [0.2, 0.25) is 0 Å². The van der Waals surface area contributed by atoms with Crippen LogP contribution >= 0.6 is 0 Å². The van der Waals surface area contributed by atoms with Gasteiger partial charge in [0.1, 0.15) is 0 Å². The van der Waals surface area contributed by atoms with Gasteiger partial charge in [-0.2, -0.15) is 5.26 Å². The molecule has 7 unspecified atom stereocenters. The van der Waals surface area contributed by atoms with E-state index in [1.165, 1.54) is 38.5 Å². The minimum atomic E-state index is -0.175. The third kappa shape index (κ3) is 1.86. The molecule has 6 aliphatic carbocycles. The summed E-state index contributed by atoms with van der Waals surface area (Å²) < 4.78 is 12.6. The molecule has 0 aromatic heterocycles. The Hall–Kier alpha value is -0.590. The lowest BCUT2D eigenvalue weighted by molar-refractivity contribution is -0.246. The van der Waals surface area contributed by atoms with Gasteiger partial charge < -0.3 is 9.47 Å². The van der Waals surface area contributed by atoms with Crippen molar-refractivity contribution in [1.82, 2.24) is 0 Å². The summed E-state index contributed by atoms with van der Waals surface area (Å²) in [5.74, 6) is 6.86. The first-order valence-corrected chi connectivity index (χ1v) is 13.1. The molecule has 6 saturated carbocycles. The van der Waals surface area contributed by atoms with Crippen LogP contribution in [0.25, 0.3) is 0 Å². The van der Waals surface area contributed by atoms with E-state index >= 15 is 0 Å². The number of hydrogen-bond acceptors (Lipinski definition) is 3. The predicted octanol–water partition coefficient (Wildman–Crippen LogP) is 5.79. The van der Waals surface area contributed by atoms with Gasteiger partial charge in [0.25, 0.3) is 0 Å². The monoisotopic (exact) mass is 409 g/mol. The van der Waals surface area contributed by atoms with Crippen LogP contribution in [0.3, 0.4) is 0 Å². The van der Waals surface area contributed by atoms with Crippen molar-refractivity contribution in [3.8, 4) is 6.07 Å². The van der Waals surface area contributed by atoms with E-state index in [0.29, 0.717) is 22.2 Å². The number of fused-ring (bicyclic) bond motifs is 7. The summed E-state index contributed by atoms with van der Waals surface area (Å²) >= 11 is 0. The topological polar surface area (TPSA) is 42.2 Å². The molecular weight excluding hydrogens is 370 g/mol. The average Bonchev–Trinajstić information content (AvgIpc) is 3.47. The number of ether oxygens (including phenoxy) is 2. The van der Waals surface area contributed by atoms with Crippen molar-refractivity contribution in [2.75, 3.05) is 13.2 Å². The van der Waals surface area contributed by atoms with Gasteiger partial charge in [0.2, 0.25) is 0 Å². The van der Waals surface area contributed by atoms with Crippen molar-refractivity contribution in [3.05, 3.63) is 0 Å². The lowest BCUT2D eigenvalue weighted by Gasteiger charge is -2.62. The van der Waals surface area contributed by atoms with Gasteiger partial charge in [-0.15, -0.1) is 0 Å². The zero-order valence-electron chi connectivity index (χ0n) is 19.2. The van der Waals surface area contributed by atoms with Crippen LogP contribution in [0.15, 0.2) is 0 Å². The Balaban J connectivity index is 1.17. The summed E-state index contributed by atoms with van der Waals surface area (Å²) in [6, 6.07) is 2.40. The lowest BCUT2D eigenvalue weighted by atomic mass is 9.44. The third-order valence-electron chi connectivity index (χ3n) is 12.7. The summed E-state index contributed by atoms with van der Waals surface area (Å²) in [6.07, 6.45) is 11.6. The van der Waals surface area contributed by atoms with Crippen molar-refractivity contribution in [3.63, 3.8) is 0 Å². The van der Waals surface area contributed by atoms with Crippen LogP contribution in [-0.2, 0) is 9.47 Å². The molecule has 0 aromatic rings. The molecule has 0 aromatic carbocycles. The fourth-order valence-corrected chi connectivity index (χ4v) is 11.7. The molecule has 7 rings (SSSR count). The Labute approximate surface area is 182 Å². The van der Waals surface area contributed by atoms with Gasteiger partial charge in [-0.1, -0.05) is 20.8 Å². The summed E-state index contributed by atoms with van der Waals surface area (Å²) in [6.45, 7) is 9.45. The second-order valence-corrected chi connectivity index (χ2v) is 13.0. The molecule has 0 bridgehead atoms. The van der Waals surface area contributed by atoms with Crippen LogP contribution in [-0.4, -0.2) is 19.0 Å². The molecule has 1 aliphatic heterocycles. The quantitative estimate of drug-likeness (QED) is 0.592.